The van der Waals surface area contributed by atoms with E-state index in [-0.39, 0.29) is 24.0 Å². The van der Waals surface area contributed by atoms with Crippen LogP contribution in [0.15, 0.2) is 23.1 Å². The summed E-state index contributed by atoms with van der Waals surface area (Å²) in [6.45, 7) is 1.52. The number of thiazole rings is 1. The molecule has 7 nitrogen and oxygen atoms in total. The van der Waals surface area contributed by atoms with Crippen LogP contribution in [0.2, 0.25) is 0 Å². The van der Waals surface area contributed by atoms with Crippen LogP contribution in [-0.4, -0.2) is 46.1 Å². The first kappa shape index (κ1) is 19.6. The van der Waals surface area contributed by atoms with Crippen molar-refractivity contribution in [2.24, 2.45) is 11.1 Å². The van der Waals surface area contributed by atoms with E-state index in [2.05, 4.69) is 20.1 Å². The van der Waals surface area contributed by atoms with Gasteiger partial charge in [-0.05, 0) is 31.8 Å². The molecule has 1 fully saturated rings. The van der Waals surface area contributed by atoms with Crippen molar-refractivity contribution in [3.05, 3.63) is 39.3 Å². The minimum Gasteiger partial charge on any atom is -0.477 e. The van der Waals surface area contributed by atoms with Gasteiger partial charge in [-0.2, -0.15) is 9.30 Å². The molecule has 0 spiro atoms. The Morgan fingerprint density at radius 3 is 2.74 bits per heavy atom. The molecule has 0 N–H and O–H groups in total. The van der Waals surface area contributed by atoms with Gasteiger partial charge in [-0.1, -0.05) is 5.18 Å². The molecule has 1 unspecified atom stereocenters. The van der Waals surface area contributed by atoms with Crippen LogP contribution in [0.3, 0.4) is 0 Å². The number of rotatable bonds is 8. The lowest BCUT2D eigenvalue weighted by atomic mass is 9.96. The number of nitrogens with zero attached hydrogens (tertiary/aromatic N) is 5. The normalized spacial score (nSPS) is 17.2. The van der Waals surface area contributed by atoms with Crippen molar-refractivity contribution in [3.8, 4) is 5.88 Å². The standard InChI is InChI=1S/C16H18F3N5O2S/c17-12-5-13(21-8-20-12)26-7-10-1-3-24(4-2-10)11(6-23-25)15-14(16(18)19)22-9-27-15/h5,8-11,16H,1-4,6-7H2. The van der Waals surface area contributed by atoms with Crippen molar-refractivity contribution in [2.45, 2.75) is 25.3 Å². The van der Waals surface area contributed by atoms with Crippen molar-refractivity contribution in [2.75, 3.05) is 26.2 Å². The largest absolute Gasteiger partial charge is 0.477 e. The highest BCUT2D eigenvalue weighted by Gasteiger charge is 2.31. The summed E-state index contributed by atoms with van der Waals surface area (Å²) in [7, 11) is 0. The Bertz CT molecular complexity index is 755. The number of hydrogen-bond acceptors (Lipinski definition) is 8. The number of aromatic nitrogens is 3. The Morgan fingerprint density at radius 1 is 1.30 bits per heavy atom. The third-order valence-corrected chi connectivity index (χ3v) is 5.49. The van der Waals surface area contributed by atoms with E-state index in [1.165, 1.54) is 5.51 Å². The molecule has 2 aromatic heterocycles. The molecule has 2 aromatic rings. The first-order valence-electron chi connectivity index (χ1n) is 8.43. The molecule has 1 aliphatic heterocycles. The maximum absolute atomic E-state index is 13.1. The van der Waals surface area contributed by atoms with E-state index in [1.54, 1.807) is 0 Å². The second-order valence-corrected chi connectivity index (χ2v) is 7.09. The monoisotopic (exact) mass is 401 g/mol. The van der Waals surface area contributed by atoms with Gasteiger partial charge in [0.05, 0.1) is 29.1 Å². The first-order valence-corrected chi connectivity index (χ1v) is 9.31. The fraction of sp³-hybridized carbons (Fsp3) is 0.562. The fourth-order valence-electron chi connectivity index (χ4n) is 3.14. The molecule has 3 heterocycles. The average Bonchev–Trinajstić information content (AvgIpc) is 3.15. The zero-order chi connectivity index (χ0) is 19.2. The molecule has 11 heteroatoms. The molecule has 27 heavy (non-hydrogen) atoms. The molecule has 0 aliphatic carbocycles. The van der Waals surface area contributed by atoms with Crippen molar-refractivity contribution in [1.29, 1.82) is 0 Å². The second kappa shape index (κ2) is 9.18. The van der Waals surface area contributed by atoms with E-state index in [1.807, 2.05) is 4.90 Å². The van der Waals surface area contributed by atoms with E-state index in [9.17, 15) is 18.1 Å². The Balaban J connectivity index is 1.57. The Labute approximate surface area is 157 Å². The molecule has 0 amide bonds. The molecular weight excluding hydrogens is 383 g/mol. The van der Waals surface area contributed by atoms with Crippen LogP contribution >= 0.6 is 11.3 Å². The van der Waals surface area contributed by atoms with Crippen molar-refractivity contribution in [3.63, 3.8) is 0 Å². The van der Waals surface area contributed by atoms with Crippen LogP contribution in [0, 0.1) is 16.8 Å². The van der Waals surface area contributed by atoms with E-state index in [4.69, 9.17) is 4.74 Å². The lowest BCUT2D eigenvalue weighted by molar-refractivity contribution is 0.104. The quantitative estimate of drug-likeness (QED) is 0.497. The highest BCUT2D eigenvalue weighted by Crippen LogP contribution is 2.35. The third kappa shape index (κ3) is 4.98. The summed E-state index contributed by atoms with van der Waals surface area (Å²) in [5.74, 6) is -0.252. The van der Waals surface area contributed by atoms with Crippen LogP contribution in [0.4, 0.5) is 13.2 Å². The molecular formula is C16H18F3N5O2S. The maximum Gasteiger partial charge on any atom is 0.281 e. The number of alkyl halides is 2. The van der Waals surface area contributed by atoms with Gasteiger partial charge in [-0.15, -0.1) is 11.3 Å². The summed E-state index contributed by atoms with van der Waals surface area (Å²) >= 11 is 1.12. The van der Waals surface area contributed by atoms with Crippen LogP contribution in [-0.2, 0) is 0 Å². The number of hydrogen-bond donors (Lipinski definition) is 0. The topological polar surface area (TPSA) is 80.6 Å². The highest BCUT2D eigenvalue weighted by molar-refractivity contribution is 7.09. The minimum atomic E-state index is -2.68. The van der Waals surface area contributed by atoms with Crippen LogP contribution < -0.4 is 4.74 Å². The number of likely N-dealkylation sites (tertiary alicyclic amines) is 1. The predicted octanol–water partition coefficient (Wildman–Crippen LogP) is 3.61. The summed E-state index contributed by atoms with van der Waals surface area (Å²) in [6, 6.07) is 0.633. The van der Waals surface area contributed by atoms with Crippen LogP contribution in [0.25, 0.3) is 0 Å². The molecule has 1 atom stereocenters. The van der Waals surface area contributed by atoms with Crippen molar-refractivity contribution >= 4 is 11.3 Å². The van der Waals surface area contributed by atoms with Gasteiger partial charge in [-0.3, -0.25) is 4.90 Å². The fourth-order valence-corrected chi connectivity index (χ4v) is 4.07. The van der Waals surface area contributed by atoms with E-state index in [0.29, 0.717) is 24.6 Å². The smallest absolute Gasteiger partial charge is 0.281 e. The van der Waals surface area contributed by atoms with Gasteiger partial charge in [0.1, 0.15) is 18.6 Å². The van der Waals surface area contributed by atoms with Gasteiger partial charge in [0.2, 0.25) is 11.8 Å². The maximum atomic E-state index is 13.1. The van der Waals surface area contributed by atoms with Crippen LogP contribution in [0.5, 0.6) is 5.88 Å². The number of nitroso groups, excluding NO2 is 1. The summed E-state index contributed by atoms with van der Waals surface area (Å²) in [5, 5.41) is 2.94. The van der Waals surface area contributed by atoms with Gasteiger partial charge in [0.15, 0.2) is 0 Å². The molecule has 0 bridgehead atoms. The number of halogens is 3. The van der Waals surface area contributed by atoms with Gasteiger partial charge in [0.25, 0.3) is 6.43 Å². The molecule has 1 aliphatic rings. The van der Waals surface area contributed by atoms with Crippen molar-refractivity contribution < 1.29 is 17.9 Å². The average molecular weight is 401 g/mol. The third-order valence-electron chi connectivity index (χ3n) is 4.55. The molecule has 3 rings (SSSR count). The van der Waals surface area contributed by atoms with E-state index >= 15 is 0 Å². The highest BCUT2D eigenvalue weighted by atomic mass is 32.1. The molecule has 0 aromatic carbocycles. The molecule has 0 radical (unpaired) electrons. The van der Waals surface area contributed by atoms with Crippen molar-refractivity contribution in [1.82, 2.24) is 19.9 Å². The summed E-state index contributed by atoms with van der Waals surface area (Å²) in [6.07, 6.45) is -0.0724. The van der Waals surface area contributed by atoms with E-state index < -0.39 is 18.4 Å². The summed E-state index contributed by atoms with van der Waals surface area (Å²) in [4.78, 5) is 24.2. The van der Waals surface area contributed by atoms with Gasteiger partial charge < -0.3 is 4.74 Å². The Hall–Kier alpha value is -2.14. The van der Waals surface area contributed by atoms with Gasteiger partial charge >= 0.3 is 0 Å². The summed E-state index contributed by atoms with van der Waals surface area (Å²) in [5.41, 5.74) is 1.10. The van der Waals surface area contributed by atoms with Gasteiger partial charge in [0, 0.05) is 0 Å². The predicted molar refractivity (Wildman–Crippen MR) is 92.3 cm³/mol. The zero-order valence-electron chi connectivity index (χ0n) is 14.3. The first-order chi connectivity index (χ1) is 13.1. The lowest BCUT2D eigenvalue weighted by Gasteiger charge is -2.36. The molecule has 146 valence electrons. The zero-order valence-corrected chi connectivity index (χ0v) is 15.1. The SMILES string of the molecule is O=NCC(c1scnc1C(F)F)N1CCC(COc2cc(F)ncn2)CC1. The van der Waals surface area contributed by atoms with Gasteiger partial charge in [-0.25, -0.2) is 23.7 Å². The minimum absolute atomic E-state index is 0.0940. The molecule has 0 saturated carbocycles. The Morgan fingerprint density at radius 2 is 2.07 bits per heavy atom. The lowest BCUT2D eigenvalue weighted by Crippen LogP contribution is -2.39. The number of piperidine rings is 1. The summed E-state index contributed by atoms with van der Waals surface area (Å²) < 4.78 is 44.8. The molecule has 1 saturated heterocycles. The Kier molecular flexibility index (Phi) is 6.67. The van der Waals surface area contributed by atoms with E-state index in [0.717, 1.165) is 36.6 Å². The second-order valence-electron chi connectivity index (χ2n) is 6.20. The van der Waals surface area contributed by atoms with Crippen LogP contribution in [0.1, 0.15) is 35.9 Å². The number of ether oxygens (including phenoxy) is 1.